The Labute approximate surface area is 208 Å². The number of carbonyl (C=O) groups is 3. The number of likely N-dealkylation sites (tertiary alicyclic amines) is 1. The number of hydrogen-bond acceptors (Lipinski definition) is 5. The van der Waals surface area contributed by atoms with Crippen LogP contribution in [-0.2, 0) is 32.1 Å². The van der Waals surface area contributed by atoms with Crippen molar-refractivity contribution >= 4 is 29.4 Å². The Morgan fingerprint density at radius 3 is 2.23 bits per heavy atom. The van der Waals surface area contributed by atoms with Crippen LogP contribution >= 0.6 is 11.6 Å². The number of benzene rings is 3. The molecule has 0 spiro atoms. The smallest absolute Gasteiger partial charge is 0.327 e. The first-order chi connectivity index (χ1) is 16.9. The summed E-state index contributed by atoms with van der Waals surface area (Å²) in [4.78, 5) is 42.4. The molecule has 5 rings (SSSR count). The second kappa shape index (κ2) is 9.29. The van der Waals surface area contributed by atoms with Gasteiger partial charge in [0.05, 0.1) is 25.5 Å². The van der Waals surface area contributed by atoms with E-state index < -0.39 is 29.4 Å². The second-order valence-electron chi connectivity index (χ2n) is 9.05. The minimum Gasteiger partial charge on any atom is -0.468 e. The number of hydrogen-bond donors (Lipinski definition) is 1. The Morgan fingerprint density at radius 1 is 0.943 bits per heavy atom. The molecule has 6 nitrogen and oxygen atoms in total. The predicted octanol–water partition coefficient (Wildman–Crippen LogP) is 3.94. The molecule has 2 saturated heterocycles. The largest absolute Gasteiger partial charge is 0.468 e. The lowest BCUT2D eigenvalue weighted by molar-refractivity contribution is -0.154. The van der Waals surface area contributed by atoms with Crippen LogP contribution in [0.1, 0.15) is 22.7 Å². The molecule has 35 heavy (non-hydrogen) atoms. The summed E-state index contributed by atoms with van der Waals surface area (Å²) >= 11 is 6.28. The zero-order valence-corrected chi connectivity index (χ0v) is 19.9. The van der Waals surface area contributed by atoms with E-state index in [0.29, 0.717) is 5.02 Å². The van der Waals surface area contributed by atoms with Crippen molar-refractivity contribution in [2.45, 2.75) is 24.5 Å². The third-order valence-electron chi connectivity index (χ3n) is 7.01. The maximum atomic E-state index is 13.9. The van der Waals surface area contributed by atoms with Gasteiger partial charge >= 0.3 is 5.97 Å². The molecule has 7 heteroatoms. The lowest BCUT2D eigenvalue weighted by Crippen LogP contribution is -2.57. The Bertz CT molecular complexity index is 1270. The van der Waals surface area contributed by atoms with Crippen molar-refractivity contribution < 1.29 is 19.1 Å². The Kier molecular flexibility index (Phi) is 6.17. The van der Waals surface area contributed by atoms with Crippen LogP contribution in [0.4, 0.5) is 0 Å². The minimum atomic E-state index is -1.41. The molecular weight excluding hydrogens is 464 g/mol. The van der Waals surface area contributed by atoms with Gasteiger partial charge in [0.15, 0.2) is 0 Å². The van der Waals surface area contributed by atoms with Gasteiger partial charge in [0.25, 0.3) is 0 Å². The number of rotatable bonds is 6. The molecule has 3 aromatic carbocycles. The molecule has 0 bridgehead atoms. The van der Waals surface area contributed by atoms with Gasteiger partial charge in [-0.25, -0.2) is 0 Å². The normalized spacial score (nSPS) is 25.5. The highest BCUT2D eigenvalue weighted by Gasteiger charge is 2.68. The molecule has 0 radical (unpaired) electrons. The lowest BCUT2D eigenvalue weighted by atomic mass is 9.76. The average Bonchev–Trinajstić information content (AvgIpc) is 3.34. The lowest BCUT2D eigenvalue weighted by Gasteiger charge is -2.32. The van der Waals surface area contributed by atoms with Crippen molar-refractivity contribution in [3.8, 4) is 0 Å². The quantitative estimate of drug-likeness (QED) is 0.420. The van der Waals surface area contributed by atoms with Crippen LogP contribution in [0.25, 0.3) is 0 Å². The van der Waals surface area contributed by atoms with E-state index >= 15 is 0 Å². The van der Waals surface area contributed by atoms with Crippen LogP contribution in [0.15, 0.2) is 84.9 Å². The third-order valence-corrected chi connectivity index (χ3v) is 7.25. The first-order valence-electron chi connectivity index (χ1n) is 11.5. The molecule has 178 valence electrons. The van der Waals surface area contributed by atoms with Crippen molar-refractivity contribution in [1.29, 1.82) is 0 Å². The van der Waals surface area contributed by atoms with E-state index in [1.165, 1.54) is 12.0 Å². The third kappa shape index (κ3) is 4.03. The Morgan fingerprint density at radius 2 is 1.60 bits per heavy atom. The van der Waals surface area contributed by atoms with Crippen LogP contribution in [-0.4, -0.2) is 35.3 Å². The van der Waals surface area contributed by atoms with E-state index in [1.54, 1.807) is 18.2 Å². The summed E-state index contributed by atoms with van der Waals surface area (Å²) in [5, 5.41) is 3.90. The summed E-state index contributed by atoms with van der Waals surface area (Å²) in [6.07, 6.45) is 0.205. The number of methoxy groups -OCH3 is 1. The van der Waals surface area contributed by atoms with Crippen LogP contribution in [0, 0.1) is 11.8 Å². The van der Waals surface area contributed by atoms with E-state index in [-0.39, 0.29) is 24.8 Å². The summed E-state index contributed by atoms with van der Waals surface area (Å²) in [5.41, 5.74) is 1.03. The van der Waals surface area contributed by atoms with Gasteiger partial charge in [0, 0.05) is 17.5 Å². The molecule has 2 aliphatic rings. The van der Waals surface area contributed by atoms with Crippen molar-refractivity contribution in [1.82, 2.24) is 10.2 Å². The number of amides is 2. The molecule has 3 aromatic rings. The van der Waals surface area contributed by atoms with Crippen LogP contribution in [0.3, 0.4) is 0 Å². The van der Waals surface area contributed by atoms with Crippen LogP contribution in [0.5, 0.6) is 0 Å². The topological polar surface area (TPSA) is 75.7 Å². The van der Waals surface area contributed by atoms with Gasteiger partial charge in [-0.05, 0) is 28.8 Å². The number of fused-ring (bicyclic) bond motifs is 1. The first kappa shape index (κ1) is 23.3. The number of nitrogens with one attached hydrogen (secondary N) is 1. The molecule has 0 aliphatic carbocycles. The van der Waals surface area contributed by atoms with Gasteiger partial charge in [-0.3, -0.25) is 24.6 Å². The number of halogens is 1. The Hall–Kier alpha value is -3.48. The van der Waals surface area contributed by atoms with Gasteiger partial charge < -0.3 is 4.74 Å². The average molecular weight is 489 g/mol. The summed E-state index contributed by atoms with van der Waals surface area (Å²) in [7, 11) is 1.31. The summed E-state index contributed by atoms with van der Waals surface area (Å²) < 4.78 is 5.25. The number of imide groups is 1. The molecule has 2 heterocycles. The van der Waals surface area contributed by atoms with E-state index in [4.69, 9.17) is 16.3 Å². The maximum absolute atomic E-state index is 13.9. The van der Waals surface area contributed by atoms with Crippen molar-refractivity contribution in [3.05, 3.63) is 107 Å². The summed E-state index contributed by atoms with van der Waals surface area (Å²) in [5.74, 6) is -2.94. The number of nitrogens with zero attached hydrogens (tertiary/aromatic N) is 1. The monoisotopic (exact) mass is 488 g/mol. The van der Waals surface area contributed by atoms with Gasteiger partial charge in [-0.1, -0.05) is 84.4 Å². The highest BCUT2D eigenvalue weighted by atomic mass is 35.5. The van der Waals surface area contributed by atoms with Crippen molar-refractivity contribution in [3.63, 3.8) is 0 Å². The Balaban J connectivity index is 1.63. The minimum absolute atomic E-state index is 0.149. The summed E-state index contributed by atoms with van der Waals surface area (Å²) in [6.45, 7) is 0.149. The van der Waals surface area contributed by atoms with Gasteiger partial charge in [-0.15, -0.1) is 0 Å². The molecule has 2 aliphatic heterocycles. The van der Waals surface area contributed by atoms with Gasteiger partial charge in [0.2, 0.25) is 11.8 Å². The fourth-order valence-electron chi connectivity index (χ4n) is 5.49. The van der Waals surface area contributed by atoms with Crippen LogP contribution in [0.2, 0.25) is 5.02 Å². The predicted molar refractivity (Wildman–Crippen MR) is 131 cm³/mol. The number of esters is 1. The molecule has 0 saturated carbocycles. The van der Waals surface area contributed by atoms with E-state index in [2.05, 4.69) is 5.32 Å². The van der Waals surface area contributed by atoms with E-state index in [9.17, 15) is 14.4 Å². The van der Waals surface area contributed by atoms with E-state index in [1.807, 2.05) is 66.7 Å². The first-order valence-corrected chi connectivity index (χ1v) is 11.9. The number of carbonyl (C=O) groups excluding carboxylic acids is 3. The maximum Gasteiger partial charge on any atom is 0.327 e. The SMILES string of the molecule is COC(=O)C1(Cc2ccccc2)NC(c2cccc(Cl)c2)C2C(=O)N(Cc3ccccc3)C(=O)C21. The highest BCUT2D eigenvalue weighted by Crippen LogP contribution is 2.50. The van der Waals surface area contributed by atoms with Crippen molar-refractivity contribution in [2.24, 2.45) is 11.8 Å². The second-order valence-corrected chi connectivity index (χ2v) is 9.49. The molecule has 2 amide bonds. The fourth-order valence-corrected chi connectivity index (χ4v) is 5.69. The zero-order chi connectivity index (χ0) is 24.6. The molecular formula is C28H25ClN2O4. The standard InChI is InChI=1S/C28H25ClN2O4/c1-35-27(34)28(16-18-9-4-2-5-10-18)23-22(24(30-28)20-13-8-14-21(29)15-20)25(32)31(26(23)33)17-19-11-6-3-7-12-19/h2-15,22-24,30H,16-17H2,1H3. The van der Waals surface area contributed by atoms with E-state index in [0.717, 1.165) is 16.7 Å². The number of ether oxygens (including phenoxy) is 1. The van der Waals surface area contributed by atoms with Gasteiger partial charge in [-0.2, -0.15) is 0 Å². The molecule has 2 fully saturated rings. The molecule has 1 N–H and O–H groups in total. The van der Waals surface area contributed by atoms with Crippen LogP contribution < -0.4 is 5.32 Å². The van der Waals surface area contributed by atoms with Gasteiger partial charge in [0.1, 0.15) is 5.54 Å². The molecule has 4 atom stereocenters. The summed E-state index contributed by atoms with van der Waals surface area (Å²) in [6, 6.07) is 25.4. The fraction of sp³-hybridized carbons (Fsp3) is 0.250. The highest BCUT2D eigenvalue weighted by molar-refractivity contribution is 6.30. The zero-order valence-electron chi connectivity index (χ0n) is 19.2. The molecule has 4 unspecified atom stereocenters. The molecule has 0 aromatic heterocycles. The van der Waals surface area contributed by atoms with Crippen molar-refractivity contribution in [2.75, 3.05) is 7.11 Å².